The van der Waals surface area contributed by atoms with Gasteiger partial charge < -0.3 is 16.2 Å². The standard InChI is InChI=1S/C12H18N2O2.ClH/c1-2-5-9(15)8-14-12(16)10-6-3-4-7-11(10)13;/h3-4,6-7,9,15H,2,5,8,13H2,1H3,(H,14,16);1H. The molecule has 17 heavy (non-hydrogen) atoms. The van der Waals surface area contributed by atoms with Crippen LogP contribution in [-0.2, 0) is 0 Å². The normalized spacial score (nSPS) is 11.4. The van der Waals surface area contributed by atoms with Gasteiger partial charge in [-0.05, 0) is 18.6 Å². The second-order valence-corrected chi connectivity index (χ2v) is 3.74. The van der Waals surface area contributed by atoms with Crippen molar-refractivity contribution < 1.29 is 9.90 Å². The molecule has 0 bridgehead atoms. The molecule has 0 spiro atoms. The Hall–Kier alpha value is -1.26. The molecule has 5 heteroatoms. The van der Waals surface area contributed by atoms with Crippen LogP contribution in [0.2, 0.25) is 0 Å². The second-order valence-electron chi connectivity index (χ2n) is 3.74. The molecule has 1 amide bonds. The van der Waals surface area contributed by atoms with Crippen LogP contribution in [0.25, 0.3) is 0 Å². The second kappa shape index (κ2) is 7.92. The molecular weight excluding hydrogens is 240 g/mol. The number of aliphatic hydroxyl groups is 1. The summed E-state index contributed by atoms with van der Waals surface area (Å²) >= 11 is 0. The minimum atomic E-state index is -0.487. The van der Waals surface area contributed by atoms with Crippen molar-refractivity contribution >= 4 is 24.0 Å². The van der Waals surface area contributed by atoms with Crippen molar-refractivity contribution in [2.75, 3.05) is 12.3 Å². The fraction of sp³-hybridized carbons (Fsp3) is 0.417. The van der Waals surface area contributed by atoms with Crippen molar-refractivity contribution in [3.63, 3.8) is 0 Å². The Labute approximate surface area is 108 Å². The van der Waals surface area contributed by atoms with Gasteiger partial charge in [-0.2, -0.15) is 0 Å². The van der Waals surface area contributed by atoms with E-state index in [1.807, 2.05) is 6.92 Å². The number of nitrogens with one attached hydrogen (secondary N) is 1. The van der Waals surface area contributed by atoms with E-state index in [4.69, 9.17) is 5.73 Å². The van der Waals surface area contributed by atoms with Gasteiger partial charge in [0.25, 0.3) is 5.91 Å². The number of rotatable bonds is 5. The van der Waals surface area contributed by atoms with E-state index in [9.17, 15) is 9.90 Å². The topological polar surface area (TPSA) is 75.3 Å². The lowest BCUT2D eigenvalue weighted by Gasteiger charge is -2.11. The number of benzene rings is 1. The molecule has 1 unspecified atom stereocenters. The van der Waals surface area contributed by atoms with E-state index in [2.05, 4.69) is 5.32 Å². The van der Waals surface area contributed by atoms with Crippen molar-refractivity contribution in [2.24, 2.45) is 0 Å². The van der Waals surface area contributed by atoms with E-state index in [-0.39, 0.29) is 24.9 Å². The van der Waals surface area contributed by atoms with Gasteiger partial charge in [0, 0.05) is 12.2 Å². The fourth-order valence-corrected chi connectivity index (χ4v) is 1.44. The summed E-state index contributed by atoms with van der Waals surface area (Å²) < 4.78 is 0. The summed E-state index contributed by atoms with van der Waals surface area (Å²) in [5, 5.41) is 12.1. The number of carbonyl (C=O) groups excluding carboxylic acids is 1. The Morgan fingerprint density at radius 2 is 2.12 bits per heavy atom. The van der Waals surface area contributed by atoms with Crippen LogP contribution >= 0.6 is 12.4 Å². The average Bonchev–Trinajstić information content (AvgIpc) is 2.27. The number of aliphatic hydroxyl groups excluding tert-OH is 1. The van der Waals surface area contributed by atoms with Crippen molar-refractivity contribution in [3.05, 3.63) is 29.8 Å². The van der Waals surface area contributed by atoms with Crippen LogP contribution in [0.1, 0.15) is 30.1 Å². The molecule has 1 aromatic carbocycles. The Morgan fingerprint density at radius 3 is 2.71 bits per heavy atom. The number of nitrogen functional groups attached to an aromatic ring is 1. The monoisotopic (exact) mass is 258 g/mol. The molecule has 0 aliphatic rings. The summed E-state index contributed by atoms with van der Waals surface area (Å²) in [7, 11) is 0. The van der Waals surface area contributed by atoms with Gasteiger partial charge in [-0.3, -0.25) is 4.79 Å². The van der Waals surface area contributed by atoms with Crippen LogP contribution in [0.15, 0.2) is 24.3 Å². The van der Waals surface area contributed by atoms with E-state index in [0.717, 1.165) is 6.42 Å². The molecule has 0 fully saturated rings. The molecule has 0 saturated carbocycles. The van der Waals surface area contributed by atoms with Crippen LogP contribution in [0.3, 0.4) is 0 Å². The van der Waals surface area contributed by atoms with E-state index >= 15 is 0 Å². The van der Waals surface area contributed by atoms with E-state index < -0.39 is 6.10 Å². The molecule has 96 valence electrons. The van der Waals surface area contributed by atoms with Crippen molar-refractivity contribution in [1.29, 1.82) is 0 Å². The van der Waals surface area contributed by atoms with E-state index in [1.54, 1.807) is 24.3 Å². The highest BCUT2D eigenvalue weighted by molar-refractivity contribution is 5.99. The molecule has 0 heterocycles. The molecule has 4 N–H and O–H groups in total. The number of hydrogen-bond donors (Lipinski definition) is 3. The molecule has 1 atom stereocenters. The number of nitrogens with two attached hydrogens (primary N) is 1. The molecule has 0 saturated heterocycles. The Bertz CT molecular complexity index is 358. The van der Waals surface area contributed by atoms with Gasteiger partial charge in [0.15, 0.2) is 0 Å². The largest absolute Gasteiger partial charge is 0.398 e. The van der Waals surface area contributed by atoms with Crippen molar-refractivity contribution in [1.82, 2.24) is 5.32 Å². The van der Waals surface area contributed by atoms with Gasteiger partial charge in [0.05, 0.1) is 11.7 Å². The molecule has 4 nitrogen and oxygen atoms in total. The molecule has 1 rings (SSSR count). The number of anilines is 1. The maximum atomic E-state index is 11.7. The summed E-state index contributed by atoms with van der Waals surface area (Å²) in [4.78, 5) is 11.7. The van der Waals surface area contributed by atoms with Gasteiger partial charge in [0.2, 0.25) is 0 Å². The van der Waals surface area contributed by atoms with Gasteiger partial charge in [0.1, 0.15) is 0 Å². The zero-order valence-electron chi connectivity index (χ0n) is 9.85. The van der Waals surface area contributed by atoms with Crippen LogP contribution in [-0.4, -0.2) is 23.7 Å². The van der Waals surface area contributed by atoms with Gasteiger partial charge in [-0.25, -0.2) is 0 Å². The molecule has 0 aromatic heterocycles. The predicted octanol–water partition coefficient (Wildman–Crippen LogP) is 1.58. The van der Waals surface area contributed by atoms with Crippen LogP contribution in [0.5, 0.6) is 0 Å². The van der Waals surface area contributed by atoms with Gasteiger partial charge >= 0.3 is 0 Å². The smallest absolute Gasteiger partial charge is 0.253 e. The quantitative estimate of drug-likeness (QED) is 0.702. The zero-order valence-corrected chi connectivity index (χ0v) is 10.7. The first-order chi connectivity index (χ1) is 7.65. The summed E-state index contributed by atoms with van der Waals surface area (Å²) in [6.45, 7) is 2.25. The van der Waals surface area contributed by atoms with Crippen LogP contribution in [0, 0.1) is 0 Å². The van der Waals surface area contributed by atoms with E-state index in [1.165, 1.54) is 0 Å². The third kappa shape index (κ3) is 5.06. The lowest BCUT2D eigenvalue weighted by Crippen LogP contribution is -2.32. The summed E-state index contributed by atoms with van der Waals surface area (Å²) in [6, 6.07) is 6.88. The Balaban J connectivity index is 0.00000256. The van der Waals surface area contributed by atoms with Crippen molar-refractivity contribution in [3.8, 4) is 0 Å². The Morgan fingerprint density at radius 1 is 1.47 bits per heavy atom. The average molecular weight is 259 g/mol. The third-order valence-corrected chi connectivity index (χ3v) is 2.33. The molecule has 1 aromatic rings. The summed E-state index contributed by atoms with van der Waals surface area (Å²) in [5.41, 5.74) is 6.56. The number of carbonyl (C=O) groups is 1. The molecular formula is C12H19ClN2O2. The van der Waals surface area contributed by atoms with Crippen LogP contribution < -0.4 is 11.1 Å². The maximum absolute atomic E-state index is 11.7. The highest BCUT2D eigenvalue weighted by Gasteiger charge is 2.10. The summed E-state index contributed by atoms with van der Waals surface area (Å²) in [6.07, 6.45) is 1.09. The zero-order chi connectivity index (χ0) is 12.0. The molecule has 0 aliphatic carbocycles. The third-order valence-electron chi connectivity index (χ3n) is 2.33. The minimum Gasteiger partial charge on any atom is -0.398 e. The Kier molecular flexibility index (Phi) is 7.34. The number of amides is 1. The number of para-hydroxylation sites is 1. The summed E-state index contributed by atoms with van der Waals surface area (Å²) in [5.74, 6) is -0.242. The minimum absolute atomic E-state index is 0. The fourth-order valence-electron chi connectivity index (χ4n) is 1.44. The van der Waals surface area contributed by atoms with Gasteiger partial charge in [-0.1, -0.05) is 25.5 Å². The number of hydrogen-bond acceptors (Lipinski definition) is 3. The highest BCUT2D eigenvalue weighted by Crippen LogP contribution is 2.09. The lowest BCUT2D eigenvalue weighted by atomic mass is 10.1. The van der Waals surface area contributed by atoms with Crippen molar-refractivity contribution in [2.45, 2.75) is 25.9 Å². The maximum Gasteiger partial charge on any atom is 0.253 e. The SMILES string of the molecule is CCCC(O)CNC(=O)c1ccccc1N.Cl. The predicted molar refractivity (Wildman–Crippen MR) is 71.4 cm³/mol. The molecule has 0 radical (unpaired) electrons. The first-order valence-corrected chi connectivity index (χ1v) is 5.46. The first kappa shape index (κ1) is 15.7. The van der Waals surface area contributed by atoms with E-state index in [0.29, 0.717) is 17.7 Å². The number of halogens is 1. The molecule has 0 aliphatic heterocycles. The first-order valence-electron chi connectivity index (χ1n) is 5.46. The van der Waals surface area contributed by atoms with Crippen LogP contribution in [0.4, 0.5) is 5.69 Å². The lowest BCUT2D eigenvalue weighted by molar-refractivity contribution is 0.0911. The van der Waals surface area contributed by atoms with Gasteiger partial charge in [-0.15, -0.1) is 12.4 Å². The highest BCUT2D eigenvalue weighted by atomic mass is 35.5.